The van der Waals surface area contributed by atoms with Crippen LogP contribution in [0.4, 0.5) is 0 Å². The van der Waals surface area contributed by atoms with Gasteiger partial charge in [0.05, 0.1) is 0 Å². The van der Waals surface area contributed by atoms with Gasteiger partial charge in [0.15, 0.2) is 0 Å². The van der Waals surface area contributed by atoms with Crippen molar-refractivity contribution in [3.8, 4) is 0 Å². The molecule has 1 saturated carbocycles. The smallest absolute Gasteiger partial charge is 0.250 e. The fourth-order valence-corrected chi connectivity index (χ4v) is 2.17. The Kier molecular flexibility index (Phi) is 4.39. The Balaban J connectivity index is 2.31. The summed E-state index contributed by atoms with van der Waals surface area (Å²) in [6.45, 7) is 2.34. The number of aliphatic hydroxyl groups excluding tert-OH is 1. The van der Waals surface area contributed by atoms with E-state index in [1.165, 1.54) is 39.0 Å². The van der Waals surface area contributed by atoms with E-state index >= 15 is 0 Å². The fraction of sp³-hybridized carbons (Fsp3) is 0.909. The fourth-order valence-electron chi connectivity index (χ4n) is 2.17. The third kappa shape index (κ3) is 3.29. The summed E-state index contributed by atoms with van der Waals surface area (Å²) >= 11 is 0. The number of hydrogen-bond acceptors (Lipinski definition) is 2. The minimum Gasteiger partial charge on any atom is -0.384 e. The number of carbonyl (C=O) groups is 1. The van der Waals surface area contributed by atoms with Crippen molar-refractivity contribution in [2.75, 3.05) is 13.6 Å². The number of amides is 1. The molecule has 1 aliphatic carbocycles. The van der Waals surface area contributed by atoms with Gasteiger partial charge in [0.25, 0.3) is 5.91 Å². The second-order valence-electron chi connectivity index (χ2n) is 4.40. The molecule has 1 unspecified atom stereocenters. The second-order valence-corrected chi connectivity index (χ2v) is 4.40. The van der Waals surface area contributed by atoms with E-state index in [9.17, 15) is 4.79 Å². The highest BCUT2D eigenvalue weighted by Crippen LogP contribution is 2.24. The molecule has 1 amide bonds. The molecule has 0 aromatic carbocycles. The van der Waals surface area contributed by atoms with Crippen molar-refractivity contribution in [2.24, 2.45) is 5.92 Å². The van der Waals surface area contributed by atoms with Gasteiger partial charge in [0.1, 0.15) is 6.10 Å². The van der Waals surface area contributed by atoms with Crippen LogP contribution in [0.25, 0.3) is 0 Å². The van der Waals surface area contributed by atoms with Crippen molar-refractivity contribution >= 4 is 5.91 Å². The molecule has 0 saturated heterocycles. The molecular formula is C11H21NO2. The summed E-state index contributed by atoms with van der Waals surface area (Å²) in [5.41, 5.74) is 0. The molecule has 1 N–H and O–H groups in total. The number of hydrogen-bond donors (Lipinski definition) is 1. The van der Waals surface area contributed by atoms with Gasteiger partial charge in [-0.1, -0.05) is 19.3 Å². The van der Waals surface area contributed by atoms with Crippen LogP contribution in [0.1, 0.15) is 39.0 Å². The molecule has 3 nitrogen and oxygen atoms in total. The molecule has 0 aliphatic heterocycles. The maximum Gasteiger partial charge on any atom is 0.250 e. The van der Waals surface area contributed by atoms with E-state index in [-0.39, 0.29) is 5.91 Å². The summed E-state index contributed by atoms with van der Waals surface area (Å²) in [5, 5.41) is 9.13. The summed E-state index contributed by atoms with van der Waals surface area (Å²) in [7, 11) is 1.78. The van der Waals surface area contributed by atoms with Gasteiger partial charge in [-0.15, -0.1) is 0 Å². The maximum absolute atomic E-state index is 11.4. The standard InChI is InChI=1S/C11H21NO2/c1-9(13)11(14)12(2)8-10-6-4-3-5-7-10/h9-10,13H,3-8H2,1-2H3. The molecule has 0 aromatic rings. The molecule has 1 aliphatic rings. The van der Waals surface area contributed by atoms with Crippen LogP contribution in [0.5, 0.6) is 0 Å². The van der Waals surface area contributed by atoms with Gasteiger partial charge < -0.3 is 10.0 Å². The molecule has 0 heterocycles. The molecule has 1 atom stereocenters. The van der Waals surface area contributed by atoms with Crippen LogP contribution in [0.3, 0.4) is 0 Å². The van der Waals surface area contributed by atoms with Gasteiger partial charge in [-0.25, -0.2) is 0 Å². The molecule has 0 radical (unpaired) electrons. The molecule has 0 bridgehead atoms. The minimum atomic E-state index is -0.858. The molecule has 0 aromatic heterocycles. The van der Waals surface area contributed by atoms with Gasteiger partial charge in [-0.05, 0) is 25.7 Å². The Morgan fingerprint density at radius 1 is 1.43 bits per heavy atom. The zero-order valence-electron chi connectivity index (χ0n) is 9.20. The Hall–Kier alpha value is -0.570. The normalized spacial score (nSPS) is 20.5. The van der Waals surface area contributed by atoms with Crippen LogP contribution in [-0.4, -0.2) is 35.6 Å². The first-order valence-corrected chi connectivity index (χ1v) is 5.54. The minimum absolute atomic E-state index is 0.157. The van der Waals surface area contributed by atoms with Crippen molar-refractivity contribution in [3.63, 3.8) is 0 Å². The third-order valence-electron chi connectivity index (χ3n) is 2.99. The van der Waals surface area contributed by atoms with Crippen LogP contribution in [0, 0.1) is 5.92 Å². The third-order valence-corrected chi connectivity index (χ3v) is 2.99. The van der Waals surface area contributed by atoms with Gasteiger partial charge >= 0.3 is 0 Å². The quantitative estimate of drug-likeness (QED) is 0.746. The summed E-state index contributed by atoms with van der Waals surface area (Å²) in [6.07, 6.45) is 5.53. The highest BCUT2D eigenvalue weighted by atomic mass is 16.3. The second kappa shape index (κ2) is 5.35. The predicted octanol–water partition coefficient (Wildman–Crippen LogP) is 1.41. The lowest BCUT2D eigenvalue weighted by molar-refractivity contribution is -0.138. The lowest BCUT2D eigenvalue weighted by atomic mass is 9.89. The summed E-state index contributed by atoms with van der Waals surface area (Å²) in [5.74, 6) is 0.493. The monoisotopic (exact) mass is 199 g/mol. The van der Waals surface area contributed by atoms with Crippen LogP contribution in [-0.2, 0) is 4.79 Å². The summed E-state index contributed by atoms with van der Waals surface area (Å²) in [4.78, 5) is 13.1. The van der Waals surface area contributed by atoms with Gasteiger partial charge in [0.2, 0.25) is 0 Å². The van der Waals surface area contributed by atoms with Crippen LogP contribution in [0.15, 0.2) is 0 Å². The number of rotatable bonds is 3. The average Bonchev–Trinajstić information content (AvgIpc) is 2.18. The Labute approximate surface area is 86.1 Å². The lowest BCUT2D eigenvalue weighted by Gasteiger charge is -2.27. The summed E-state index contributed by atoms with van der Waals surface area (Å²) < 4.78 is 0. The number of carbonyl (C=O) groups excluding carboxylic acids is 1. The molecule has 1 rings (SSSR count). The molecule has 0 spiro atoms. The van der Waals surface area contributed by atoms with Crippen molar-refractivity contribution < 1.29 is 9.90 Å². The SMILES string of the molecule is CC(O)C(=O)N(C)CC1CCCCC1. The largest absolute Gasteiger partial charge is 0.384 e. The zero-order chi connectivity index (χ0) is 10.6. The number of nitrogens with zero attached hydrogens (tertiary/aromatic N) is 1. The first-order chi connectivity index (χ1) is 6.61. The van der Waals surface area contributed by atoms with E-state index in [1.54, 1.807) is 11.9 Å². The maximum atomic E-state index is 11.4. The van der Waals surface area contributed by atoms with Crippen molar-refractivity contribution in [1.82, 2.24) is 4.90 Å². The zero-order valence-corrected chi connectivity index (χ0v) is 9.20. The Morgan fingerprint density at radius 3 is 2.50 bits per heavy atom. The van der Waals surface area contributed by atoms with E-state index in [4.69, 9.17) is 5.11 Å². The topological polar surface area (TPSA) is 40.5 Å². The molecular weight excluding hydrogens is 178 g/mol. The van der Waals surface area contributed by atoms with E-state index in [0.717, 1.165) is 6.54 Å². The first kappa shape index (κ1) is 11.5. The number of likely N-dealkylation sites (N-methyl/N-ethyl adjacent to an activating group) is 1. The highest BCUT2D eigenvalue weighted by Gasteiger charge is 2.20. The first-order valence-electron chi connectivity index (χ1n) is 5.54. The Morgan fingerprint density at radius 2 is 2.00 bits per heavy atom. The van der Waals surface area contributed by atoms with Crippen LogP contribution < -0.4 is 0 Å². The van der Waals surface area contributed by atoms with Crippen molar-refractivity contribution in [2.45, 2.75) is 45.1 Å². The molecule has 1 fully saturated rings. The predicted molar refractivity (Wildman–Crippen MR) is 55.9 cm³/mol. The van der Waals surface area contributed by atoms with E-state index in [0.29, 0.717) is 5.92 Å². The Bertz CT molecular complexity index is 186. The van der Waals surface area contributed by atoms with Crippen LogP contribution >= 0.6 is 0 Å². The van der Waals surface area contributed by atoms with Gasteiger partial charge in [-0.2, -0.15) is 0 Å². The lowest BCUT2D eigenvalue weighted by Crippen LogP contribution is -2.38. The van der Waals surface area contributed by atoms with E-state index < -0.39 is 6.10 Å². The van der Waals surface area contributed by atoms with Gasteiger partial charge in [0, 0.05) is 13.6 Å². The highest BCUT2D eigenvalue weighted by molar-refractivity contribution is 5.79. The van der Waals surface area contributed by atoms with Gasteiger partial charge in [-0.3, -0.25) is 4.79 Å². The molecule has 14 heavy (non-hydrogen) atoms. The average molecular weight is 199 g/mol. The molecule has 82 valence electrons. The van der Waals surface area contributed by atoms with E-state index in [1.807, 2.05) is 0 Å². The molecule has 3 heteroatoms. The van der Waals surface area contributed by atoms with Crippen molar-refractivity contribution in [1.29, 1.82) is 0 Å². The van der Waals surface area contributed by atoms with Crippen molar-refractivity contribution in [3.05, 3.63) is 0 Å². The van der Waals surface area contributed by atoms with Crippen LogP contribution in [0.2, 0.25) is 0 Å². The summed E-state index contributed by atoms with van der Waals surface area (Å²) in [6, 6.07) is 0. The number of aliphatic hydroxyl groups is 1. The van der Waals surface area contributed by atoms with E-state index in [2.05, 4.69) is 0 Å².